The monoisotopic (exact) mass is 197 g/mol. The number of hydrogen-bond donors (Lipinski definition) is 1. The Balaban J connectivity index is 3.14. The highest BCUT2D eigenvalue weighted by Crippen LogP contribution is 2.05. The molecule has 0 heterocycles. The molecule has 0 unspecified atom stereocenters. The predicted octanol–water partition coefficient (Wildman–Crippen LogP) is 2.57. The number of carboxylic acid groups (broad SMARTS) is 1. The van der Waals surface area contributed by atoms with Crippen molar-refractivity contribution in [2.45, 2.75) is 38.5 Å². The number of amides is 1. The maximum atomic E-state index is 10.4. The zero-order valence-electron chi connectivity index (χ0n) is 8.83. The molecule has 0 radical (unpaired) electrons. The van der Waals surface area contributed by atoms with E-state index in [0.717, 1.165) is 38.5 Å². The largest absolute Gasteiger partial charge is 0.465 e. The lowest BCUT2D eigenvalue weighted by molar-refractivity contribution is 0.155. The van der Waals surface area contributed by atoms with E-state index >= 15 is 0 Å². The maximum Gasteiger partial charge on any atom is 0.407 e. The summed E-state index contributed by atoms with van der Waals surface area (Å²) in [6.45, 7) is 0.629. The lowest BCUT2D eigenvalue weighted by Crippen LogP contribution is -2.25. The van der Waals surface area contributed by atoms with Gasteiger partial charge in [0.05, 0.1) is 0 Å². The number of hydrogen-bond acceptors (Lipinski definition) is 1. The van der Waals surface area contributed by atoms with Crippen LogP contribution in [0.5, 0.6) is 0 Å². The summed E-state index contributed by atoms with van der Waals surface area (Å²) in [6, 6.07) is 0. The van der Waals surface area contributed by atoms with Crippen LogP contribution in [-0.2, 0) is 0 Å². The van der Waals surface area contributed by atoms with Crippen molar-refractivity contribution in [2.75, 3.05) is 13.6 Å². The molecule has 0 fully saturated rings. The van der Waals surface area contributed by atoms with E-state index in [1.807, 2.05) is 0 Å². The third-order valence-electron chi connectivity index (χ3n) is 2.14. The average Bonchev–Trinajstić information content (AvgIpc) is 2.16. The summed E-state index contributed by atoms with van der Waals surface area (Å²) in [7, 11) is 1.60. The van der Waals surface area contributed by atoms with Crippen LogP contribution in [0.15, 0.2) is 0 Å². The van der Waals surface area contributed by atoms with Gasteiger partial charge >= 0.3 is 6.09 Å². The molecule has 14 heavy (non-hydrogen) atoms. The Bertz CT molecular complexity index is 196. The summed E-state index contributed by atoms with van der Waals surface area (Å²) in [5, 5.41) is 8.56. The van der Waals surface area contributed by atoms with E-state index < -0.39 is 6.09 Å². The minimum atomic E-state index is -0.850. The number of rotatable bonds is 7. The first-order valence-corrected chi connectivity index (χ1v) is 5.06. The van der Waals surface area contributed by atoms with Gasteiger partial charge in [-0.25, -0.2) is 4.79 Å². The van der Waals surface area contributed by atoms with Gasteiger partial charge in [-0.15, -0.1) is 12.3 Å². The predicted molar refractivity (Wildman–Crippen MR) is 57.2 cm³/mol. The van der Waals surface area contributed by atoms with Crippen molar-refractivity contribution in [3.63, 3.8) is 0 Å². The van der Waals surface area contributed by atoms with Crippen molar-refractivity contribution in [2.24, 2.45) is 0 Å². The highest BCUT2D eigenvalue weighted by atomic mass is 16.4. The standard InChI is InChI=1S/C11H19NO2/c1-3-4-5-6-7-8-9-10-12(2)11(13)14/h1H,4-10H2,2H3,(H,13,14). The van der Waals surface area contributed by atoms with Gasteiger partial charge in [-0.3, -0.25) is 0 Å². The first kappa shape index (κ1) is 12.8. The van der Waals surface area contributed by atoms with Crippen LogP contribution >= 0.6 is 0 Å². The third-order valence-corrected chi connectivity index (χ3v) is 2.14. The van der Waals surface area contributed by atoms with Gasteiger partial charge in [0.2, 0.25) is 0 Å². The van der Waals surface area contributed by atoms with Gasteiger partial charge < -0.3 is 10.0 Å². The summed E-state index contributed by atoms with van der Waals surface area (Å²) < 4.78 is 0. The highest BCUT2D eigenvalue weighted by molar-refractivity contribution is 5.64. The summed E-state index contributed by atoms with van der Waals surface area (Å²) in [4.78, 5) is 11.7. The van der Waals surface area contributed by atoms with E-state index in [9.17, 15) is 4.79 Å². The first-order valence-electron chi connectivity index (χ1n) is 5.06. The van der Waals surface area contributed by atoms with E-state index in [0.29, 0.717) is 6.54 Å². The van der Waals surface area contributed by atoms with Crippen LogP contribution in [-0.4, -0.2) is 29.7 Å². The smallest absolute Gasteiger partial charge is 0.407 e. The molecule has 0 saturated carbocycles. The van der Waals surface area contributed by atoms with Crippen LogP contribution in [0.3, 0.4) is 0 Å². The fourth-order valence-corrected chi connectivity index (χ4v) is 1.20. The highest BCUT2D eigenvalue weighted by Gasteiger charge is 2.02. The van der Waals surface area contributed by atoms with Crippen molar-refractivity contribution < 1.29 is 9.90 Å². The molecule has 0 saturated heterocycles. The second-order valence-corrected chi connectivity index (χ2v) is 3.43. The molecule has 0 aromatic carbocycles. The Morgan fingerprint density at radius 1 is 1.29 bits per heavy atom. The molecule has 0 aliphatic heterocycles. The van der Waals surface area contributed by atoms with Crippen LogP contribution in [0.4, 0.5) is 4.79 Å². The fraction of sp³-hybridized carbons (Fsp3) is 0.727. The Hall–Kier alpha value is -1.17. The van der Waals surface area contributed by atoms with E-state index in [4.69, 9.17) is 11.5 Å². The van der Waals surface area contributed by atoms with Gasteiger partial charge in [0.15, 0.2) is 0 Å². The molecule has 0 aliphatic carbocycles. The van der Waals surface area contributed by atoms with Gasteiger partial charge in [0, 0.05) is 20.0 Å². The van der Waals surface area contributed by atoms with Gasteiger partial charge in [0.25, 0.3) is 0 Å². The molecule has 80 valence electrons. The summed E-state index contributed by atoms with van der Waals surface area (Å²) in [5.74, 6) is 2.61. The lowest BCUT2D eigenvalue weighted by Gasteiger charge is -2.11. The zero-order valence-corrected chi connectivity index (χ0v) is 8.83. The minimum Gasteiger partial charge on any atom is -0.465 e. The second kappa shape index (κ2) is 8.43. The van der Waals surface area contributed by atoms with Crippen LogP contribution in [0, 0.1) is 12.3 Å². The molecule has 3 nitrogen and oxygen atoms in total. The maximum absolute atomic E-state index is 10.4. The van der Waals surface area contributed by atoms with Crippen LogP contribution in [0.1, 0.15) is 38.5 Å². The Kier molecular flexibility index (Phi) is 7.72. The Morgan fingerprint density at radius 2 is 1.86 bits per heavy atom. The second-order valence-electron chi connectivity index (χ2n) is 3.43. The molecule has 0 aromatic heterocycles. The minimum absolute atomic E-state index is 0.629. The fourth-order valence-electron chi connectivity index (χ4n) is 1.20. The number of nitrogens with zero attached hydrogens (tertiary/aromatic N) is 1. The van der Waals surface area contributed by atoms with Crippen molar-refractivity contribution in [1.29, 1.82) is 0 Å². The van der Waals surface area contributed by atoms with E-state index in [2.05, 4.69) is 5.92 Å². The van der Waals surface area contributed by atoms with Crippen LogP contribution in [0.25, 0.3) is 0 Å². The summed E-state index contributed by atoms with van der Waals surface area (Å²) >= 11 is 0. The summed E-state index contributed by atoms with van der Waals surface area (Å²) in [5.41, 5.74) is 0. The van der Waals surface area contributed by atoms with Crippen molar-refractivity contribution in [3.8, 4) is 12.3 Å². The quantitative estimate of drug-likeness (QED) is 0.503. The van der Waals surface area contributed by atoms with Crippen LogP contribution < -0.4 is 0 Å². The SMILES string of the molecule is C#CCCCCCCCN(C)C(=O)O. The van der Waals surface area contributed by atoms with Crippen molar-refractivity contribution >= 4 is 6.09 Å². The molecule has 1 N–H and O–H groups in total. The lowest BCUT2D eigenvalue weighted by atomic mass is 10.1. The third kappa shape index (κ3) is 7.48. The Morgan fingerprint density at radius 3 is 2.43 bits per heavy atom. The van der Waals surface area contributed by atoms with Gasteiger partial charge in [-0.2, -0.15) is 0 Å². The Labute approximate surface area is 86.1 Å². The molecule has 1 amide bonds. The topological polar surface area (TPSA) is 40.5 Å². The van der Waals surface area contributed by atoms with Gasteiger partial charge in [-0.1, -0.05) is 19.3 Å². The molecule has 0 rings (SSSR count). The first-order chi connectivity index (χ1) is 6.68. The summed E-state index contributed by atoms with van der Waals surface area (Å²) in [6.07, 6.45) is 10.5. The molecule has 0 aromatic rings. The molecule has 0 spiro atoms. The average molecular weight is 197 g/mol. The zero-order chi connectivity index (χ0) is 10.8. The number of unbranched alkanes of at least 4 members (excludes halogenated alkanes) is 5. The van der Waals surface area contributed by atoms with E-state index in [1.54, 1.807) is 7.05 Å². The van der Waals surface area contributed by atoms with Crippen molar-refractivity contribution in [1.82, 2.24) is 4.90 Å². The number of terminal acetylenes is 1. The molecule has 0 atom stereocenters. The van der Waals surface area contributed by atoms with E-state index in [-0.39, 0.29) is 0 Å². The van der Waals surface area contributed by atoms with Gasteiger partial charge in [-0.05, 0) is 12.8 Å². The molecule has 0 aliphatic rings. The molecular formula is C11H19NO2. The molecule has 3 heteroatoms. The van der Waals surface area contributed by atoms with Crippen molar-refractivity contribution in [3.05, 3.63) is 0 Å². The number of carbonyl (C=O) groups is 1. The van der Waals surface area contributed by atoms with E-state index in [1.165, 1.54) is 4.90 Å². The van der Waals surface area contributed by atoms with Gasteiger partial charge in [0.1, 0.15) is 0 Å². The normalized spacial score (nSPS) is 9.43. The molecular weight excluding hydrogens is 178 g/mol. The van der Waals surface area contributed by atoms with Crippen LogP contribution in [0.2, 0.25) is 0 Å². The molecule has 0 bridgehead atoms.